The number of nitrogens with zero attached hydrogens (tertiary/aromatic N) is 1. The molecule has 2 rings (SSSR count). The van der Waals surface area contributed by atoms with E-state index < -0.39 is 5.60 Å². The third kappa shape index (κ3) is 1.82. The standard InChI is InChI=1S/C10H13BrN2O/c11-8-3-1-6-13-9(8)10(14)4-2-5-12-7-10/h1,3,6,12,14H,2,4-5,7H2. The quantitative estimate of drug-likeness (QED) is 0.799. The van der Waals surface area contributed by atoms with Crippen LogP contribution in [0.3, 0.4) is 0 Å². The summed E-state index contributed by atoms with van der Waals surface area (Å²) in [5, 5.41) is 13.6. The van der Waals surface area contributed by atoms with Crippen LogP contribution in [0.15, 0.2) is 22.8 Å². The SMILES string of the molecule is OC1(c2ncccc2Br)CCCNC1. The molecule has 0 saturated carbocycles. The molecule has 0 aromatic carbocycles. The van der Waals surface area contributed by atoms with E-state index in [0.717, 1.165) is 29.6 Å². The Kier molecular flexibility index (Phi) is 2.85. The molecule has 1 aromatic heterocycles. The molecular formula is C10H13BrN2O. The lowest BCUT2D eigenvalue weighted by Crippen LogP contribution is -2.44. The van der Waals surface area contributed by atoms with Gasteiger partial charge in [0, 0.05) is 17.2 Å². The predicted octanol–water partition coefficient (Wildman–Crippen LogP) is 1.42. The van der Waals surface area contributed by atoms with Crippen molar-refractivity contribution in [2.75, 3.05) is 13.1 Å². The molecule has 0 spiro atoms. The lowest BCUT2D eigenvalue weighted by molar-refractivity contribution is 0.00752. The monoisotopic (exact) mass is 256 g/mol. The van der Waals surface area contributed by atoms with E-state index in [1.54, 1.807) is 6.20 Å². The van der Waals surface area contributed by atoms with Crippen LogP contribution in [0.1, 0.15) is 18.5 Å². The van der Waals surface area contributed by atoms with Crippen LogP contribution in [0.2, 0.25) is 0 Å². The summed E-state index contributed by atoms with van der Waals surface area (Å²) in [5.74, 6) is 0. The molecule has 4 heteroatoms. The summed E-state index contributed by atoms with van der Waals surface area (Å²) in [6, 6.07) is 3.77. The first-order chi connectivity index (χ1) is 6.72. The first-order valence-electron chi connectivity index (χ1n) is 4.76. The number of aromatic nitrogens is 1. The maximum absolute atomic E-state index is 10.4. The number of halogens is 1. The molecule has 1 aliphatic heterocycles. The average molecular weight is 257 g/mol. The molecule has 76 valence electrons. The fourth-order valence-corrected chi connectivity index (χ4v) is 2.44. The normalized spacial score (nSPS) is 27.6. The Labute approximate surface area is 91.7 Å². The zero-order chi connectivity index (χ0) is 10.0. The Morgan fingerprint density at radius 3 is 3.07 bits per heavy atom. The number of hydrogen-bond donors (Lipinski definition) is 2. The summed E-state index contributed by atoms with van der Waals surface area (Å²) < 4.78 is 0.881. The van der Waals surface area contributed by atoms with Crippen LogP contribution in [0.5, 0.6) is 0 Å². The van der Waals surface area contributed by atoms with Crippen molar-refractivity contribution in [3.8, 4) is 0 Å². The van der Waals surface area contributed by atoms with Gasteiger partial charge in [0.2, 0.25) is 0 Å². The van der Waals surface area contributed by atoms with Gasteiger partial charge < -0.3 is 10.4 Å². The topological polar surface area (TPSA) is 45.2 Å². The molecule has 0 amide bonds. The molecule has 1 saturated heterocycles. The highest BCUT2D eigenvalue weighted by atomic mass is 79.9. The third-order valence-corrected chi connectivity index (χ3v) is 3.20. The van der Waals surface area contributed by atoms with Crippen molar-refractivity contribution in [2.24, 2.45) is 0 Å². The van der Waals surface area contributed by atoms with Crippen molar-refractivity contribution in [2.45, 2.75) is 18.4 Å². The molecular weight excluding hydrogens is 244 g/mol. The van der Waals surface area contributed by atoms with Gasteiger partial charge in [0.25, 0.3) is 0 Å². The molecule has 1 fully saturated rings. The van der Waals surface area contributed by atoms with Crippen LogP contribution in [-0.2, 0) is 5.60 Å². The zero-order valence-electron chi connectivity index (χ0n) is 7.83. The third-order valence-electron chi connectivity index (χ3n) is 2.56. The highest BCUT2D eigenvalue weighted by molar-refractivity contribution is 9.10. The van der Waals surface area contributed by atoms with Gasteiger partial charge in [-0.1, -0.05) is 0 Å². The minimum absolute atomic E-state index is 0.586. The van der Waals surface area contributed by atoms with Gasteiger partial charge in [-0.2, -0.15) is 0 Å². The fourth-order valence-electron chi connectivity index (χ4n) is 1.82. The number of rotatable bonds is 1. The molecule has 2 heterocycles. The number of β-amino-alcohol motifs (C(OH)–C–C–N with tert-alkyl or cyclic N) is 1. The van der Waals surface area contributed by atoms with Crippen molar-refractivity contribution in [3.63, 3.8) is 0 Å². The molecule has 0 radical (unpaired) electrons. The molecule has 14 heavy (non-hydrogen) atoms. The van der Waals surface area contributed by atoms with Crippen molar-refractivity contribution in [1.29, 1.82) is 0 Å². The molecule has 3 nitrogen and oxygen atoms in total. The lowest BCUT2D eigenvalue weighted by atomic mass is 9.90. The predicted molar refractivity (Wildman–Crippen MR) is 57.9 cm³/mol. The van der Waals surface area contributed by atoms with Crippen molar-refractivity contribution in [3.05, 3.63) is 28.5 Å². The number of nitrogens with one attached hydrogen (secondary N) is 1. The summed E-state index contributed by atoms with van der Waals surface area (Å²) in [7, 11) is 0. The average Bonchev–Trinajstić information content (AvgIpc) is 2.19. The van der Waals surface area contributed by atoms with E-state index in [9.17, 15) is 5.11 Å². The Balaban J connectivity index is 2.32. The summed E-state index contributed by atoms with van der Waals surface area (Å²) >= 11 is 3.42. The van der Waals surface area contributed by atoms with Crippen molar-refractivity contribution in [1.82, 2.24) is 10.3 Å². The van der Waals surface area contributed by atoms with Crippen molar-refractivity contribution >= 4 is 15.9 Å². The highest BCUT2D eigenvalue weighted by Gasteiger charge is 2.33. The summed E-state index contributed by atoms with van der Waals surface area (Å²) in [5.41, 5.74) is -0.0644. The van der Waals surface area contributed by atoms with Gasteiger partial charge >= 0.3 is 0 Å². The van der Waals surface area contributed by atoms with Crippen LogP contribution < -0.4 is 5.32 Å². The maximum Gasteiger partial charge on any atom is 0.120 e. The Morgan fingerprint density at radius 1 is 1.57 bits per heavy atom. The van der Waals surface area contributed by atoms with Crippen LogP contribution in [0, 0.1) is 0 Å². The first-order valence-corrected chi connectivity index (χ1v) is 5.56. The number of piperidine rings is 1. The molecule has 0 bridgehead atoms. The van der Waals surface area contributed by atoms with Gasteiger partial charge in [-0.05, 0) is 47.4 Å². The van der Waals surface area contributed by atoms with E-state index in [0.29, 0.717) is 6.54 Å². The number of pyridine rings is 1. The minimum atomic E-state index is -0.807. The second-order valence-electron chi connectivity index (χ2n) is 3.65. The van der Waals surface area contributed by atoms with Gasteiger partial charge in [-0.3, -0.25) is 4.98 Å². The summed E-state index contributed by atoms with van der Waals surface area (Å²) in [6.45, 7) is 1.56. The van der Waals surface area contributed by atoms with E-state index in [4.69, 9.17) is 0 Å². The zero-order valence-corrected chi connectivity index (χ0v) is 9.42. The Bertz CT molecular complexity index is 324. The molecule has 1 unspecified atom stereocenters. The molecule has 1 atom stereocenters. The lowest BCUT2D eigenvalue weighted by Gasteiger charge is -2.32. The second kappa shape index (κ2) is 3.96. The largest absolute Gasteiger partial charge is 0.382 e. The van der Waals surface area contributed by atoms with Crippen LogP contribution in [0.25, 0.3) is 0 Å². The second-order valence-corrected chi connectivity index (χ2v) is 4.50. The molecule has 2 N–H and O–H groups in total. The van der Waals surface area contributed by atoms with E-state index in [1.807, 2.05) is 12.1 Å². The van der Waals surface area contributed by atoms with Crippen molar-refractivity contribution < 1.29 is 5.11 Å². The maximum atomic E-state index is 10.4. The number of aliphatic hydroxyl groups is 1. The van der Waals surface area contributed by atoms with Gasteiger partial charge in [-0.25, -0.2) is 0 Å². The van der Waals surface area contributed by atoms with Gasteiger partial charge in [0.1, 0.15) is 5.60 Å². The van der Waals surface area contributed by atoms with E-state index >= 15 is 0 Å². The Hall–Kier alpha value is -0.450. The summed E-state index contributed by atoms with van der Waals surface area (Å²) in [6.07, 6.45) is 3.47. The van der Waals surface area contributed by atoms with Gasteiger partial charge in [-0.15, -0.1) is 0 Å². The van der Waals surface area contributed by atoms with Crippen LogP contribution in [-0.4, -0.2) is 23.2 Å². The van der Waals surface area contributed by atoms with E-state index in [1.165, 1.54) is 0 Å². The molecule has 1 aromatic rings. The highest BCUT2D eigenvalue weighted by Crippen LogP contribution is 2.31. The Morgan fingerprint density at radius 2 is 2.43 bits per heavy atom. The molecule has 0 aliphatic carbocycles. The van der Waals surface area contributed by atoms with Crippen LogP contribution in [0.4, 0.5) is 0 Å². The number of hydrogen-bond acceptors (Lipinski definition) is 3. The molecule has 1 aliphatic rings. The van der Waals surface area contributed by atoms with E-state index in [2.05, 4.69) is 26.2 Å². The smallest absolute Gasteiger partial charge is 0.120 e. The fraction of sp³-hybridized carbons (Fsp3) is 0.500. The van der Waals surface area contributed by atoms with Gasteiger partial charge in [0.15, 0.2) is 0 Å². The first kappa shape index (κ1) is 10.1. The van der Waals surface area contributed by atoms with Crippen LogP contribution >= 0.6 is 15.9 Å². The van der Waals surface area contributed by atoms with Gasteiger partial charge in [0.05, 0.1) is 5.69 Å². The minimum Gasteiger partial charge on any atom is -0.382 e. The van der Waals surface area contributed by atoms with E-state index in [-0.39, 0.29) is 0 Å². The summed E-state index contributed by atoms with van der Waals surface area (Å²) in [4.78, 5) is 4.24.